The Morgan fingerprint density at radius 3 is 2.65 bits per heavy atom. The summed E-state index contributed by atoms with van der Waals surface area (Å²) in [6, 6.07) is 5.42. The Morgan fingerprint density at radius 2 is 2.10 bits per heavy atom. The number of benzene rings is 1. The van der Waals surface area contributed by atoms with E-state index in [1.807, 2.05) is 6.07 Å². The minimum atomic E-state index is -0.333. The summed E-state index contributed by atoms with van der Waals surface area (Å²) in [6.07, 6.45) is 3.65. The minimum Gasteiger partial charge on any atom is -0.299 e. The van der Waals surface area contributed by atoms with Crippen LogP contribution in [0.25, 0.3) is 0 Å². The molecule has 0 aromatic heterocycles. The summed E-state index contributed by atoms with van der Waals surface area (Å²) in [5.74, 6) is 0. The molecule has 0 unspecified atom stereocenters. The second-order valence-electron chi connectivity index (χ2n) is 5.71. The molecule has 1 aromatic rings. The highest BCUT2D eigenvalue weighted by Crippen LogP contribution is 2.37. The van der Waals surface area contributed by atoms with Crippen molar-refractivity contribution in [2.45, 2.75) is 39.7 Å². The predicted molar refractivity (Wildman–Crippen MR) is 83.7 cm³/mol. The fourth-order valence-corrected chi connectivity index (χ4v) is 3.44. The zero-order valence-corrected chi connectivity index (χ0v) is 13.6. The van der Waals surface area contributed by atoms with Gasteiger partial charge in [-0.1, -0.05) is 19.9 Å². The molecule has 1 heterocycles. The normalized spacial score (nSPS) is 18.4. The van der Waals surface area contributed by atoms with E-state index in [1.165, 1.54) is 19.3 Å². The van der Waals surface area contributed by atoms with Gasteiger partial charge in [0.15, 0.2) is 0 Å². The third-order valence-electron chi connectivity index (χ3n) is 4.63. The first-order valence-electron chi connectivity index (χ1n) is 7.15. The Bertz CT molecular complexity index is 501. The molecule has 110 valence electrons. The van der Waals surface area contributed by atoms with Crippen LogP contribution in [0.1, 0.15) is 38.7 Å². The standard InChI is InChI=1S/C15H21BrN2O2/c1-3-15(4-2)7-8-17(11-15)10-12-5-6-13(16)14(9-12)18(19)20/h5-6,9H,3-4,7-8,10-11H2,1-2H3. The molecule has 0 saturated carbocycles. The molecule has 20 heavy (non-hydrogen) atoms. The molecule has 4 nitrogen and oxygen atoms in total. The maximum Gasteiger partial charge on any atom is 0.283 e. The van der Waals surface area contributed by atoms with E-state index in [2.05, 4.69) is 34.7 Å². The molecule has 0 radical (unpaired) electrons. The SMILES string of the molecule is CCC1(CC)CCN(Cc2ccc(Br)c([N+](=O)[O-])c2)C1. The lowest BCUT2D eigenvalue weighted by Gasteiger charge is -2.26. The van der Waals surface area contributed by atoms with Gasteiger partial charge in [0.1, 0.15) is 0 Å². The van der Waals surface area contributed by atoms with E-state index in [1.54, 1.807) is 12.1 Å². The Morgan fingerprint density at radius 1 is 1.40 bits per heavy atom. The second kappa shape index (κ2) is 6.22. The first-order valence-corrected chi connectivity index (χ1v) is 7.94. The first kappa shape index (κ1) is 15.4. The van der Waals surface area contributed by atoms with E-state index in [4.69, 9.17) is 0 Å². The third-order valence-corrected chi connectivity index (χ3v) is 5.30. The summed E-state index contributed by atoms with van der Waals surface area (Å²) in [6.45, 7) is 7.51. The maximum absolute atomic E-state index is 11.0. The van der Waals surface area contributed by atoms with Crippen molar-refractivity contribution >= 4 is 21.6 Å². The Labute approximate surface area is 128 Å². The van der Waals surface area contributed by atoms with Crippen molar-refractivity contribution in [3.8, 4) is 0 Å². The lowest BCUT2D eigenvalue weighted by Crippen LogP contribution is -2.26. The van der Waals surface area contributed by atoms with Gasteiger partial charge in [-0.3, -0.25) is 15.0 Å². The van der Waals surface area contributed by atoms with Gasteiger partial charge in [0.2, 0.25) is 0 Å². The Hall–Kier alpha value is -0.940. The number of nitro benzene ring substituents is 1. The molecule has 1 aliphatic heterocycles. The minimum absolute atomic E-state index is 0.152. The third kappa shape index (κ3) is 3.20. The Kier molecular flexibility index (Phi) is 4.81. The quantitative estimate of drug-likeness (QED) is 0.590. The van der Waals surface area contributed by atoms with Gasteiger partial charge in [-0.2, -0.15) is 0 Å². The largest absolute Gasteiger partial charge is 0.299 e. The van der Waals surface area contributed by atoms with Crippen molar-refractivity contribution in [2.75, 3.05) is 13.1 Å². The van der Waals surface area contributed by atoms with Crippen LogP contribution in [-0.2, 0) is 6.54 Å². The van der Waals surface area contributed by atoms with E-state index >= 15 is 0 Å². The van der Waals surface area contributed by atoms with E-state index in [-0.39, 0.29) is 10.6 Å². The van der Waals surface area contributed by atoms with Gasteiger partial charge >= 0.3 is 0 Å². The zero-order chi connectivity index (χ0) is 14.8. The van der Waals surface area contributed by atoms with Crippen molar-refractivity contribution in [3.63, 3.8) is 0 Å². The molecule has 1 fully saturated rings. The number of rotatable bonds is 5. The van der Waals surface area contributed by atoms with Crippen LogP contribution in [0.15, 0.2) is 22.7 Å². The Balaban J connectivity index is 2.08. The van der Waals surface area contributed by atoms with E-state index < -0.39 is 0 Å². The molecule has 1 saturated heterocycles. The number of nitro groups is 1. The maximum atomic E-state index is 11.0. The molecule has 1 aliphatic rings. The molecule has 0 atom stereocenters. The lowest BCUT2D eigenvalue weighted by molar-refractivity contribution is -0.385. The fraction of sp³-hybridized carbons (Fsp3) is 0.600. The van der Waals surface area contributed by atoms with Crippen LogP contribution >= 0.6 is 15.9 Å². The number of likely N-dealkylation sites (tertiary alicyclic amines) is 1. The molecule has 2 rings (SSSR count). The van der Waals surface area contributed by atoms with Crippen LogP contribution in [0.3, 0.4) is 0 Å². The highest BCUT2D eigenvalue weighted by molar-refractivity contribution is 9.10. The second-order valence-corrected chi connectivity index (χ2v) is 6.56. The van der Waals surface area contributed by atoms with Crippen LogP contribution in [0.2, 0.25) is 0 Å². The molecule has 0 amide bonds. The van der Waals surface area contributed by atoms with Crippen LogP contribution in [0.4, 0.5) is 5.69 Å². The van der Waals surface area contributed by atoms with Gasteiger partial charge in [0, 0.05) is 19.2 Å². The molecular weight excluding hydrogens is 320 g/mol. The molecule has 5 heteroatoms. The van der Waals surface area contributed by atoms with Crippen LogP contribution in [-0.4, -0.2) is 22.9 Å². The number of hydrogen-bond donors (Lipinski definition) is 0. The highest BCUT2D eigenvalue weighted by Gasteiger charge is 2.34. The molecule has 0 aliphatic carbocycles. The zero-order valence-electron chi connectivity index (χ0n) is 12.1. The molecule has 0 bridgehead atoms. The van der Waals surface area contributed by atoms with Crippen molar-refractivity contribution in [1.82, 2.24) is 4.90 Å². The lowest BCUT2D eigenvalue weighted by atomic mass is 9.82. The molecule has 1 aromatic carbocycles. The van der Waals surface area contributed by atoms with Crippen molar-refractivity contribution in [3.05, 3.63) is 38.3 Å². The summed E-state index contributed by atoms with van der Waals surface area (Å²) < 4.78 is 0.545. The van der Waals surface area contributed by atoms with E-state index in [0.717, 1.165) is 25.2 Å². The highest BCUT2D eigenvalue weighted by atomic mass is 79.9. The van der Waals surface area contributed by atoms with Gasteiger partial charge in [0.25, 0.3) is 5.69 Å². The van der Waals surface area contributed by atoms with Crippen LogP contribution in [0.5, 0.6) is 0 Å². The topological polar surface area (TPSA) is 46.4 Å². The smallest absolute Gasteiger partial charge is 0.283 e. The molecule has 0 N–H and O–H groups in total. The summed E-state index contributed by atoms with van der Waals surface area (Å²) in [5, 5.41) is 11.0. The van der Waals surface area contributed by atoms with Crippen molar-refractivity contribution < 1.29 is 4.92 Å². The van der Waals surface area contributed by atoms with Gasteiger partial charge in [-0.25, -0.2) is 0 Å². The summed E-state index contributed by atoms with van der Waals surface area (Å²) in [5.41, 5.74) is 1.61. The summed E-state index contributed by atoms with van der Waals surface area (Å²) in [4.78, 5) is 13.1. The van der Waals surface area contributed by atoms with Crippen molar-refractivity contribution in [2.24, 2.45) is 5.41 Å². The van der Waals surface area contributed by atoms with Crippen LogP contribution < -0.4 is 0 Å². The molecule has 0 spiro atoms. The monoisotopic (exact) mass is 340 g/mol. The average molecular weight is 341 g/mol. The summed E-state index contributed by atoms with van der Waals surface area (Å²) >= 11 is 3.23. The van der Waals surface area contributed by atoms with Gasteiger partial charge in [0.05, 0.1) is 9.40 Å². The van der Waals surface area contributed by atoms with Gasteiger partial charge < -0.3 is 0 Å². The predicted octanol–water partition coefficient (Wildman–Crippen LogP) is 4.37. The van der Waals surface area contributed by atoms with Crippen molar-refractivity contribution in [1.29, 1.82) is 0 Å². The molecular formula is C15H21BrN2O2. The van der Waals surface area contributed by atoms with E-state index in [9.17, 15) is 10.1 Å². The van der Waals surface area contributed by atoms with Crippen LogP contribution in [0, 0.1) is 15.5 Å². The van der Waals surface area contributed by atoms with Gasteiger partial charge in [-0.15, -0.1) is 0 Å². The van der Waals surface area contributed by atoms with E-state index in [0.29, 0.717) is 9.89 Å². The number of halogens is 1. The van der Waals surface area contributed by atoms with Gasteiger partial charge in [-0.05, 0) is 58.8 Å². The number of nitrogens with zero attached hydrogens (tertiary/aromatic N) is 2. The summed E-state index contributed by atoms with van der Waals surface area (Å²) in [7, 11) is 0. The average Bonchev–Trinajstić information content (AvgIpc) is 2.85. The number of hydrogen-bond acceptors (Lipinski definition) is 3. The fourth-order valence-electron chi connectivity index (χ4n) is 3.04. The first-order chi connectivity index (χ1) is 9.49.